The largest absolute Gasteiger partial charge is 0.494 e. The highest BCUT2D eigenvalue weighted by Gasteiger charge is 2.26. The van der Waals surface area contributed by atoms with E-state index >= 15 is 0 Å². The van der Waals surface area contributed by atoms with Crippen LogP contribution in [-0.2, 0) is 7.05 Å². The SMILES string of the molecule is Cn1c(O)c(C(c2ccccc2)c2cccc(N)n2)c2ccccc21. The van der Waals surface area contributed by atoms with E-state index in [1.165, 1.54) is 0 Å². The van der Waals surface area contributed by atoms with Crippen LogP contribution in [0.1, 0.15) is 22.7 Å². The molecule has 0 aliphatic rings. The monoisotopic (exact) mass is 329 g/mol. The molecule has 2 heterocycles. The van der Waals surface area contributed by atoms with E-state index in [1.807, 2.05) is 66.2 Å². The number of hydrogen-bond acceptors (Lipinski definition) is 3. The van der Waals surface area contributed by atoms with E-state index in [2.05, 4.69) is 17.1 Å². The Hall–Kier alpha value is -3.27. The van der Waals surface area contributed by atoms with Crippen LogP contribution < -0.4 is 5.73 Å². The highest BCUT2D eigenvalue weighted by Crippen LogP contribution is 2.42. The number of aromatic nitrogens is 2. The molecule has 124 valence electrons. The fraction of sp³-hybridized carbons (Fsp3) is 0.0952. The molecule has 1 unspecified atom stereocenters. The number of nitrogens with zero attached hydrogens (tertiary/aromatic N) is 2. The number of nitrogen functional groups attached to an aromatic ring is 1. The maximum absolute atomic E-state index is 10.9. The summed E-state index contributed by atoms with van der Waals surface area (Å²) in [7, 11) is 1.87. The van der Waals surface area contributed by atoms with Crippen LogP contribution in [-0.4, -0.2) is 14.7 Å². The lowest BCUT2D eigenvalue weighted by molar-refractivity contribution is 0.428. The molecule has 0 amide bonds. The van der Waals surface area contributed by atoms with Gasteiger partial charge in [-0.15, -0.1) is 0 Å². The van der Waals surface area contributed by atoms with Crippen molar-refractivity contribution in [1.82, 2.24) is 9.55 Å². The summed E-state index contributed by atoms with van der Waals surface area (Å²) in [5, 5.41) is 11.9. The van der Waals surface area contributed by atoms with Crippen LogP contribution in [0.3, 0.4) is 0 Å². The van der Waals surface area contributed by atoms with Gasteiger partial charge in [-0.2, -0.15) is 0 Å². The molecular weight excluding hydrogens is 310 g/mol. The zero-order valence-electron chi connectivity index (χ0n) is 13.9. The molecule has 25 heavy (non-hydrogen) atoms. The normalized spacial score (nSPS) is 12.4. The molecule has 2 aromatic carbocycles. The minimum absolute atomic E-state index is 0.198. The van der Waals surface area contributed by atoms with Gasteiger partial charge in [0.25, 0.3) is 0 Å². The zero-order chi connectivity index (χ0) is 17.4. The molecule has 0 saturated heterocycles. The standard InChI is InChI=1S/C21H19N3O/c1-24-17-12-6-5-10-15(17)20(21(24)25)19(14-8-3-2-4-9-14)16-11-7-13-18(22)23-16/h2-13,19,25H,1H3,(H2,22,23). The Morgan fingerprint density at radius 1 is 0.920 bits per heavy atom. The third-order valence-electron chi connectivity index (χ3n) is 4.62. The number of rotatable bonds is 3. The lowest BCUT2D eigenvalue weighted by Gasteiger charge is -2.18. The van der Waals surface area contributed by atoms with Gasteiger partial charge >= 0.3 is 0 Å². The van der Waals surface area contributed by atoms with Crippen molar-refractivity contribution in [3.8, 4) is 5.88 Å². The van der Waals surface area contributed by atoms with Crippen LogP contribution in [0.25, 0.3) is 10.9 Å². The highest BCUT2D eigenvalue weighted by atomic mass is 16.3. The van der Waals surface area contributed by atoms with Gasteiger partial charge in [0.2, 0.25) is 0 Å². The third-order valence-corrected chi connectivity index (χ3v) is 4.62. The Labute approximate surface area is 146 Å². The molecule has 2 aromatic heterocycles. The van der Waals surface area contributed by atoms with Crippen LogP contribution in [0, 0.1) is 0 Å². The summed E-state index contributed by atoms with van der Waals surface area (Å²) >= 11 is 0. The van der Waals surface area contributed by atoms with E-state index < -0.39 is 0 Å². The molecular formula is C21H19N3O. The number of para-hydroxylation sites is 1. The van der Waals surface area contributed by atoms with Crippen LogP contribution in [0.4, 0.5) is 5.82 Å². The van der Waals surface area contributed by atoms with E-state index in [4.69, 9.17) is 5.73 Å². The second-order valence-corrected chi connectivity index (χ2v) is 6.14. The quantitative estimate of drug-likeness (QED) is 0.596. The molecule has 0 spiro atoms. The number of pyridine rings is 1. The topological polar surface area (TPSA) is 64.1 Å². The van der Waals surface area contributed by atoms with Gasteiger partial charge in [0.15, 0.2) is 5.88 Å². The van der Waals surface area contributed by atoms with Gasteiger partial charge in [0.1, 0.15) is 5.82 Å². The van der Waals surface area contributed by atoms with Gasteiger partial charge < -0.3 is 15.4 Å². The van der Waals surface area contributed by atoms with Gasteiger partial charge in [-0.1, -0.05) is 54.6 Å². The number of aromatic hydroxyl groups is 1. The first kappa shape index (κ1) is 15.3. The second-order valence-electron chi connectivity index (χ2n) is 6.14. The predicted molar refractivity (Wildman–Crippen MR) is 101 cm³/mol. The van der Waals surface area contributed by atoms with Crippen molar-refractivity contribution >= 4 is 16.7 Å². The maximum Gasteiger partial charge on any atom is 0.196 e. The summed E-state index contributed by atoms with van der Waals surface area (Å²) in [6.07, 6.45) is 0. The number of aryl methyl sites for hydroxylation is 1. The van der Waals surface area contributed by atoms with Crippen molar-refractivity contribution in [3.63, 3.8) is 0 Å². The van der Waals surface area contributed by atoms with Crippen molar-refractivity contribution in [2.45, 2.75) is 5.92 Å². The van der Waals surface area contributed by atoms with Gasteiger partial charge in [-0.25, -0.2) is 4.98 Å². The average molecular weight is 329 g/mol. The van der Waals surface area contributed by atoms with Gasteiger partial charge in [0, 0.05) is 18.0 Å². The number of hydrogen-bond donors (Lipinski definition) is 2. The summed E-state index contributed by atoms with van der Waals surface area (Å²) in [5.74, 6) is 0.522. The van der Waals surface area contributed by atoms with Crippen molar-refractivity contribution in [2.75, 3.05) is 5.73 Å². The highest BCUT2D eigenvalue weighted by molar-refractivity contribution is 5.88. The van der Waals surface area contributed by atoms with Crippen molar-refractivity contribution in [2.24, 2.45) is 7.05 Å². The van der Waals surface area contributed by atoms with Crippen LogP contribution >= 0.6 is 0 Å². The van der Waals surface area contributed by atoms with E-state index in [9.17, 15) is 5.11 Å². The van der Waals surface area contributed by atoms with Crippen LogP contribution in [0.5, 0.6) is 5.88 Å². The first-order valence-corrected chi connectivity index (χ1v) is 8.20. The Balaban J connectivity index is 2.04. The fourth-order valence-corrected chi connectivity index (χ4v) is 3.45. The summed E-state index contributed by atoms with van der Waals surface area (Å²) in [4.78, 5) is 4.54. The molecule has 0 aliphatic heterocycles. The molecule has 3 N–H and O–H groups in total. The molecule has 0 saturated carbocycles. The predicted octanol–water partition coefficient (Wildman–Crippen LogP) is 4.04. The summed E-state index contributed by atoms with van der Waals surface area (Å²) < 4.78 is 1.81. The Morgan fingerprint density at radius 3 is 2.40 bits per heavy atom. The van der Waals surface area contributed by atoms with Crippen LogP contribution in [0.15, 0.2) is 72.8 Å². The number of benzene rings is 2. The van der Waals surface area contributed by atoms with E-state index in [1.54, 1.807) is 6.07 Å². The van der Waals surface area contributed by atoms with Gasteiger partial charge in [-0.05, 0) is 23.8 Å². The molecule has 1 atom stereocenters. The van der Waals surface area contributed by atoms with Gasteiger partial charge in [0.05, 0.1) is 17.1 Å². The van der Waals surface area contributed by atoms with Crippen molar-refractivity contribution in [3.05, 3.63) is 89.6 Å². The van der Waals surface area contributed by atoms with Crippen molar-refractivity contribution in [1.29, 1.82) is 0 Å². The second kappa shape index (κ2) is 5.98. The molecule has 4 aromatic rings. The van der Waals surface area contributed by atoms with E-state index in [0.717, 1.165) is 27.7 Å². The molecule has 4 rings (SSSR count). The van der Waals surface area contributed by atoms with Crippen LogP contribution in [0.2, 0.25) is 0 Å². The smallest absolute Gasteiger partial charge is 0.196 e. The van der Waals surface area contributed by atoms with E-state index in [-0.39, 0.29) is 11.8 Å². The molecule has 0 fully saturated rings. The average Bonchev–Trinajstić information content (AvgIpc) is 2.89. The first-order valence-electron chi connectivity index (χ1n) is 8.20. The summed E-state index contributed by atoms with van der Waals surface area (Å²) in [5.41, 5.74) is 9.64. The number of fused-ring (bicyclic) bond motifs is 1. The molecule has 0 radical (unpaired) electrons. The summed E-state index contributed by atoms with van der Waals surface area (Å²) in [6.45, 7) is 0. The Kier molecular flexibility index (Phi) is 3.65. The van der Waals surface area contributed by atoms with Gasteiger partial charge in [-0.3, -0.25) is 0 Å². The lowest BCUT2D eigenvalue weighted by atomic mass is 9.87. The Morgan fingerprint density at radius 2 is 1.64 bits per heavy atom. The fourth-order valence-electron chi connectivity index (χ4n) is 3.45. The first-order chi connectivity index (χ1) is 12.2. The summed E-state index contributed by atoms with van der Waals surface area (Å²) in [6, 6.07) is 23.7. The molecule has 4 heteroatoms. The minimum atomic E-state index is -0.198. The Bertz CT molecular complexity index is 1040. The van der Waals surface area contributed by atoms with E-state index in [0.29, 0.717) is 5.82 Å². The zero-order valence-corrected chi connectivity index (χ0v) is 13.9. The third kappa shape index (κ3) is 2.52. The molecule has 0 aliphatic carbocycles. The lowest BCUT2D eigenvalue weighted by Crippen LogP contribution is -2.07. The molecule has 4 nitrogen and oxygen atoms in total. The minimum Gasteiger partial charge on any atom is -0.494 e. The number of nitrogens with two attached hydrogens (primary N) is 1. The molecule has 0 bridgehead atoms. The number of anilines is 1. The maximum atomic E-state index is 10.9. The van der Waals surface area contributed by atoms with Crippen molar-refractivity contribution < 1.29 is 5.11 Å².